The van der Waals surface area contributed by atoms with Crippen LogP contribution in [0.25, 0.3) is 11.0 Å². The summed E-state index contributed by atoms with van der Waals surface area (Å²) in [4.78, 5) is 31.5. The molecule has 1 amide bonds. The maximum atomic E-state index is 12.2. The van der Waals surface area contributed by atoms with Gasteiger partial charge in [0.05, 0.1) is 38.1 Å². The Morgan fingerprint density at radius 2 is 1.92 bits per heavy atom. The quantitative estimate of drug-likeness (QED) is 0.399. The Balaban J connectivity index is 1.71. The zero-order valence-corrected chi connectivity index (χ0v) is 15.2. The molecular formula is C17H13ClN4O3S. The number of hydrogen-bond acceptors (Lipinski definition) is 6. The molecule has 0 aliphatic rings. The topological polar surface area (TPSA) is 98.0 Å². The SMILES string of the molecule is Cc1nc2ccccc2nc1SCC(=O)Nc1cc([N+](=O)[O-])ccc1Cl. The van der Waals surface area contributed by atoms with Gasteiger partial charge in [-0.15, -0.1) is 0 Å². The number of non-ortho nitro benzene ring substituents is 1. The number of nitro benzene ring substituents is 1. The Labute approximate surface area is 157 Å². The Bertz CT molecular complexity index is 1010. The van der Waals surface area contributed by atoms with E-state index in [1.54, 1.807) is 0 Å². The van der Waals surface area contributed by atoms with Crippen LogP contribution < -0.4 is 5.32 Å². The second-order valence-electron chi connectivity index (χ2n) is 5.36. The van der Waals surface area contributed by atoms with E-state index in [4.69, 9.17) is 11.6 Å². The number of anilines is 1. The van der Waals surface area contributed by atoms with E-state index in [2.05, 4.69) is 15.3 Å². The van der Waals surface area contributed by atoms with Crippen LogP contribution in [0.3, 0.4) is 0 Å². The third-order valence-electron chi connectivity index (χ3n) is 3.48. The maximum Gasteiger partial charge on any atom is 0.271 e. The van der Waals surface area contributed by atoms with E-state index < -0.39 is 4.92 Å². The molecular weight excluding hydrogens is 376 g/mol. The second-order valence-corrected chi connectivity index (χ2v) is 6.73. The first-order valence-corrected chi connectivity index (χ1v) is 8.90. The zero-order chi connectivity index (χ0) is 18.7. The van der Waals surface area contributed by atoms with E-state index >= 15 is 0 Å². The molecule has 3 aromatic rings. The summed E-state index contributed by atoms with van der Waals surface area (Å²) in [7, 11) is 0. The lowest BCUT2D eigenvalue weighted by atomic mass is 10.3. The van der Waals surface area contributed by atoms with Crippen molar-refractivity contribution in [1.82, 2.24) is 9.97 Å². The average molecular weight is 389 g/mol. The summed E-state index contributed by atoms with van der Waals surface area (Å²) >= 11 is 7.23. The molecule has 132 valence electrons. The van der Waals surface area contributed by atoms with Gasteiger partial charge in [0, 0.05) is 12.1 Å². The van der Waals surface area contributed by atoms with Crippen molar-refractivity contribution in [3.8, 4) is 0 Å². The summed E-state index contributed by atoms with van der Waals surface area (Å²) in [5, 5.41) is 14.3. The Kier molecular flexibility index (Phi) is 5.34. The van der Waals surface area contributed by atoms with Crippen molar-refractivity contribution < 1.29 is 9.72 Å². The van der Waals surface area contributed by atoms with Crippen molar-refractivity contribution in [3.63, 3.8) is 0 Å². The van der Waals surface area contributed by atoms with Crippen LogP contribution in [0.15, 0.2) is 47.5 Å². The minimum absolute atomic E-state index is 0.0763. The molecule has 7 nitrogen and oxygen atoms in total. The summed E-state index contributed by atoms with van der Waals surface area (Å²) in [5.74, 6) is -0.265. The van der Waals surface area contributed by atoms with E-state index in [0.29, 0.717) is 5.03 Å². The number of amides is 1. The number of nitro groups is 1. The molecule has 2 aromatic carbocycles. The molecule has 1 heterocycles. The monoisotopic (exact) mass is 388 g/mol. The van der Waals surface area contributed by atoms with Crippen LogP contribution in [0.2, 0.25) is 5.02 Å². The van der Waals surface area contributed by atoms with Gasteiger partial charge < -0.3 is 5.32 Å². The first-order chi connectivity index (χ1) is 12.4. The largest absolute Gasteiger partial charge is 0.324 e. The summed E-state index contributed by atoms with van der Waals surface area (Å²) in [6, 6.07) is 11.4. The molecule has 1 N–H and O–H groups in total. The smallest absolute Gasteiger partial charge is 0.271 e. The molecule has 1 aromatic heterocycles. The van der Waals surface area contributed by atoms with E-state index in [-0.39, 0.29) is 28.1 Å². The number of aryl methyl sites for hydroxylation is 1. The van der Waals surface area contributed by atoms with Gasteiger partial charge in [-0.3, -0.25) is 14.9 Å². The normalized spacial score (nSPS) is 10.7. The lowest BCUT2D eigenvalue weighted by Gasteiger charge is -2.08. The summed E-state index contributed by atoms with van der Waals surface area (Å²) in [5.41, 5.74) is 2.33. The van der Waals surface area contributed by atoms with Crippen LogP contribution >= 0.6 is 23.4 Å². The fourth-order valence-corrected chi connectivity index (χ4v) is 3.17. The van der Waals surface area contributed by atoms with Crippen molar-refractivity contribution in [2.24, 2.45) is 0 Å². The van der Waals surface area contributed by atoms with Crippen LogP contribution in [-0.4, -0.2) is 26.6 Å². The molecule has 9 heteroatoms. The molecule has 0 fully saturated rings. The van der Waals surface area contributed by atoms with Gasteiger partial charge in [0.15, 0.2) is 0 Å². The zero-order valence-electron chi connectivity index (χ0n) is 13.6. The van der Waals surface area contributed by atoms with Gasteiger partial charge in [0.1, 0.15) is 5.03 Å². The highest BCUT2D eigenvalue weighted by atomic mass is 35.5. The first kappa shape index (κ1) is 18.1. The highest BCUT2D eigenvalue weighted by molar-refractivity contribution is 8.00. The van der Waals surface area contributed by atoms with Crippen LogP contribution in [0.4, 0.5) is 11.4 Å². The highest BCUT2D eigenvalue weighted by Crippen LogP contribution is 2.27. The summed E-state index contributed by atoms with van der Waals surface area (Å²) in [6.07, 6.45) is 0. The molecule has 3 rings (SSSR count). The number of benzene rings is 2. The fourth-order valence-electron chi connectivity index (χ4n) is 2.25. The van der Waals surface area contributed by atoms with E-state index in [9.17, 15) is 14.9 Å². The number of nitrogens with zero attached hydrogens (tertiary/aromatic N) is 3. The minimum atomic E-state index is -0.547. The number of thioether (sulfide) groups is 1. The number of nitrogens with one attached hydrogen (secondary N) is 1. The number of carbonyl (C=O) groups excluding carboxylic acids is 1. The number of fused-ring (bicyclic) bond motifs is 1. The molecule has 0 saturated heterocycles. The number of halogens is 1. The number of rotatable bonds is 5. The van der Waals surface area contributed by atoms with Crippen LogP contribution in [-0.2, 0) is 4.79 Å². The predicted octanol–water partition coefficient (Wildman–Crippen LogP) is 4.23. The van der Waals surface area contributed by atoms with Gasteiger partial charge in [-0.2, -0.15) is 0 Å². The highest BCUT2D eigenvalue weighted by Gasteiger charge is 2.13. The van der Waals surface area contributed by atoms with Crippen molar-refractivity contribution in [2.75, 3.05) is 11.1 Å². The van der Waals surface area contributed by atoms with E-state index in [1.165, 1.54) is 30.0 Å². The van der Waals surface area contributed by atoms with Crippen LogP contribution in [0, 0.1) is 17.0 Å². The standard InChI is InChI=1S/C17H13ClN4O3S/c1-10-17(21-14-5-3-2-4-13(14)19-10)26-9-16(23)20-15-8-11(22(24)25)6-7-12(15)18/h2-8H,9H2,1H3,(H,20,23). The molecule has 0 saturated carbocycles. The molecule has 26 heavy (non-hydrogen) atoms. The van der Waals surface area contributed by atoms with Crippen LogP contribution in [0.1, 0.15) is 5.69 Å². The van der Waals surface area contributed by atoms with Crippen molar-refractivity contribution in [1.29, 1.82) is 0 Å². The fraction of sp³-hybridized carbons (Fsp3) is 0.118. The van der Waals surface area contributed by atoms with Gasteiger partial charge in [-0.1, -0.05) is 35.5 Å². The number of carbonyl (C=O) groups is 1. The van der Waals surface area contributed by atoms with Crippen LogP contribution in [0.5, 0.6) is 0 Å². The van der Waals surface area contributed by atoms with Gasteiger partial charge in [-0.25, -0.2) is 9.97 Å². The number of hydrogen-bond donors (Lipinski definition) is 1. The van der Waals surface area contributed by atoms with Gasteiger partial charge in [0.2, 0.25) is 5.91 Å². The van der Waals surface area contributed by atoms with E-state index in [0.717, 1.165) is 16.7 Å². The first-order valence-electron chi connectivity index (χ1n) is 7.54. The number of aromatic nitrogens is 2. The number of para-hydroxylation sites is 2. The van der Waals surface area contributed by atoms with Crippen molar-refractivity contribution >= 4 is 51.7 Å². The minimum Gasteiger partial charge on any atom is -0.324 e. The van der Waals surface area contributed by atoms with Gasteiger partial charge >= 0.3 is 0 Å². The predicted molar refractivity (Wildman–Crippen MR) is 102 cm³/mol. The van der Waals surface area contributed by atoms with Gasteiger partial charge in [-0.05, 0) is 25.1 Å². The Morgan fingerprint density at radius 1 is 1.23 bits per heavy atom. The van der Waals surface area contributed by atoms with Gasteiger partial charge in [0.25, 0.3) is 5.69 Å². The Hall–Kier alpha value is -2.71. The third-order valence-corrected chi connectivity index (χ3v) is 4.87. The average Bonchev–Trinajstić information content (AvgIpc) is 2.61. The molecule has 0 aliphatic heterocycles. The lowest BCUT2D eigenvalue weighted by molar-refractivity contribution is -0.384. The molecule has 0 spiro atoms. The second kappa shape index (κ2) is 7.67. The molecule has 0 atom stereocenters. The van der Waals surface area contributed by atoms with Crippen molar-refractivity contribution in [3.05, 3.63) is 63.3 Å². The Morgan fingerprint density at radius 3 is 2.62 bits per heavy atom. The van der Waals surface area contributed by atoms with Crippen molar-refractivity contribution in [2.45, 2.75) is 11.9 Å². The molecule has 0 bridgehead atoms. The summed E-state index contributed by atoms with van der Waals surface area (Å²) in [6.45, 7) is 1.83. The van der Waals surface area contributed by atoms with E-state index in [1.807, 2.05) is 31.2 Å². The molecule has 0 unspecified atom stereocenters. The molecule has 0 aliphatic carbocycles. The lowest BCUT2D eigenvalue weighted by Crippen LogP contribution is -2.14. The third kappa shape index (κ3) is 4.09. The summed E-state index contributed by atoms with van der Waals surface area (Å²) < 4.78 is 0. The molecule has 0 radical (unpaired) electrons. The maximum absolute atomic E-state index is 12.2.